The Morgan fingerprint density at radius 2 is 1.88 bits per heavy atom. The van der Waals surface area contributed by atoms with Gasteiger partial charge in [-0.1, -0.05) is 35.6 Å². The summed E-state index contributed by atoms with van der Waals surface area (Å²) in [6.07, 6.45) is -2.44. The molecule has 33 heavy (non-hydrogen) atoms. The van der Waals surface area contributed by atoms with Crippen molar-refractivity contribution in [2.75, 3.05) is 6.54 Å². The fourth-order valence-electron chi connectivity index (χ4n) is 3.93. The molecule has 3 atom stereocenters. The van der Waals surface area contributed by atoms with Crippen molar-refractivity contribution in [1.82, 2.24) is 4.90 Å². The van der Waals surface area contributed by atoms with Crippen molar-refractivity contribution in [3.63, 3.8) is 0 Å². The molecule has 5 nitrogen and oxygen atoms in total. The fraction of sp³-hybridized carbons (Fsp3) is 0.385. The Labute approximate surface area is 198 Å². The number of aliphatic hydroxyl groups excluding tert-OH is 2. The van der Waals surface area contributed by atoms with E-state index >= 15 is 0 Å². The van der Waals surface area contributed by atoms with E-state index in [9.17, 15) is 24.2 Å². The quantitative estimate of drug-likeness (QED) is 0.626. The number of halogens is 2. The second-order valence-electron chi connectivity index (χ2n) is 8.92. The maximum atomic E-state index is 13.0. The molecule has 1 aliphatic rings. The topological polar surface area (TPSA) is 77.8 Å². The van der Waals surface area contributed by atoms with Crippen molar-refractivity contribution in [3.05, 3.63) is 70.5 Å². The van der Waals surface area contributed by atoms with Gasteiger partial charge in [0.1, 0.15) is 11.9 Å². The van der Waals surface area contributed by atoms with Crippen molar-refractivity contribution >= 4 is 23.3 Å². The predicted molar refractivity (Wildman–Crippen MR) is 124 cm³/mol. The molecule has 2 N–H and O–H groups in total. The smallest absolute Gasteiger partial charge is 0.255 e. The number of Topliss-reactive ketones (excluding diaryl/α,β-unsaturated/α-hetero) is 1. The number of likely N-dealkylation sites (tertiary alicyclic amines) is 1. The van der Waals surface area contributed by atoms with Gasteiger partial charge >= 0.3 is 0 Å². The predicted octanol–water partition coefficient (Wildman–Crippen LogP) is 3.90. The SMILES string of the molecule is CC(C)(C#Cc1ccc(F)cc1)CC(=O)[C@H](O)[C@@H](O)C(=O)N1CCCC1c1cccc(Cl)c1. The third-order valence-corrected chi connectivity index (χ3v) is 5.89. The van der Waals surface area contributed by atoms with E-state index in [0.717, 1.165) is 12.0 Å². The maximum absolute atomic E-state index is 13.0. The summed E-state index contributed by atoms with van der Waals surface area (Å²) in [5.41, 5.74) is 0.610. The van der Waals surface area contributed by atoms with Crippen molar-refractivity contribution in [1.29, 1.82) is 0 Å². The number of hydrogen-bond donors (Lipinski definition) is 2. The van der Waals surface area contributed by atoms with Crippen LogP contribution in [0.2, 0.25) is 5.02 Å². The molecule has 0 spiro atoms. The van der Waals surface area contributed by atoms with E-state index in [1.54, 1.807) is 32.0 Å². The molecule has 0 saturated carbocycles. The van der Waals surface area contributed by atoms with Crippen LogP contribution in [0.15, 0.2) is 48.5 Å². The molecular weight excluding hydrogens is 445 g/mol. The average molecular weight is 472 g/mol. The lowest BCUT2D eigenvalue weighted by molar-refractivity contribution is -0.153. The van der Waals surface area contributed by atoms with Crippen LogP contribution in [0.1, 0.15) is 50.3 Å². The molecule has 3 rings (SSSR count). The van der Waals surface area contributed by atoms with Gasteiger partial charge in [-0.15, -0.1) is 0 Å². The first-order chi connectivity index (χ1) is 15.6. The third-order valence-electron chi connectivity index (χ3n) is 5.66. The number of nitrogens with zero attached hydrogens (tertiary/aromatic N) is 1. The number of amides is 1. The number of aliphatic hydroxyl groups is 2. The van der Waals surface area contributed by atoms with E-state index in [2.05, 4.69) is 11.8 Å². The summed E-state index contributed by atoms with van der Waals surface area (Å²) in [7, 11) is 0. The lowest BCUT2D eigenvalue weighted by atomic mass is 9.85. The van der Waals surface area contributed by atoms with Gasteiger partial charge in [-0.3, -0.25) is 9.59 Å². The Bertz CT molecular complexity index is 1070. The summed E-state index contributed by atoms with van der Waals surface area (Å²) < 4.78 is 13.0. The Balaban J connectivity index is 1.65. The Kier molecular flexibility index (Phi) is 7.91. The van der Waals surface area contributed by atoms with Gasteiger partial charge in [0.2, 0.25) is 0 Å². The van der Waals surface area contributed by atoms with E-state index in [1.807, 2.05) is 6.07 Å². The van der Waals surface area contributed by atoms with Gasteiger partial charge in [0.15, 0.2) is 11.9 Å². The zero-order valence-electron chi connectivity index (χ0n) is 18.6. The summed E-state index contributed by atoms with van der Waals surface area (Å²) in [6.45, 7) is 3.86. The maximum Gasteiger partial charge on any atom is 0.255 e. The molecule has 7 heteroatoms. The van der Waals surface area contributed by atoms with Crippen LogP contribution in [0, 0.1) is 23.1 Å². The minimum absolute atomic E-state index is 0.162. The first-order valence-electron chi connectivity index (χ1n) is 10.8. The van der Waals surface area contributed by atoms with Crippen LogP contribution in [0.5, 0.6) is 0 Å². The van der Waals surface area contributed by atoms with E-state index < -0.39 is 29.3 Å². The van der Waals surface area contributed by atoms with Crippen LogP contribution in [-0.4, -0.2) is 45.6 Å². The Hall–Kier alpha value is -2.72. The van der Waals surface area contributed by atoms with Crippen molar-refractivity contribution in [2.45, 2.75) is 51.4 Å². The fourth-order valence-corrected chi connectivity index (χ4v) is 4.13. The number of carbonyl (C=O) groups is 2. The molecule has 2 aromatic carbocycles. The summed E-state index contributed by atoms with van der Waals surface area (Å²) in [5.74, 6) is 4.10. The van der Waals surface area contributed by atoms with E-state index in [0.29, 0.717) is 23.6 Å². The summed E-state index contributed by atoms with van der Waals surface area (Å²) in [6, 6.07) is 12.5. The van der Waals surface area contributed by atoms with Gasteiger partial charge in [-0.05, 0) is 68.7 Å². The number of carbonyl (C=O) groups excluding carboxylic acids is 2. The summed E-state index contributed by atoms with van der Waals surface area (Å²) in [5, 5.41) is 21.5. The zero-order valence-corrected chi connectivity index (χ0v) is 19.3. The molecule has 2 aromatic rings. The highest BCUT2D eigenvalue weighted by Gasteiger charge is 2.39. The molecular formula is C26H27ClFNO4. The Morgan fingerprint density at radius 1 is 1.18 bits per heavy atom. The lowest BCUT2D eigenvalue weighted by Crippen LogP contribution is -2.48. The molecule has 0 bridgehead atoms. The van der Waals surface area contributed by atoms with Gasteiger partial charge < -0.3 is 15.1 Å². The van der Waals surface area contributed by atoms with E-state index in [-0.39, 0.29) is 18.3 Å². The van der Waals surface area contributed by atoms with Crippen LogP contribution >= 0.6 is 11.6 Å². The molecule has 1 unspecified atom stereocenters. The summed E-state index contributed by atoms with van der Waals surface area (Å²) >= 11 is 6.07. The number of benzene rings is 2. The van der Waals surface area contributed by atoms with Crippen molar-refractivity contribution in [2.24, 2.45) is 5.41 Å². The van der Waals surface area contributed by atoms with Gasteiger partial charge in [0.05, 0.1) is 6.04 Å². The minimum Gasteiger partial charge on any atom is -0.382 e. The molecule has 1 aliphatic heterocycles. The second kappa shape index (κ2) is 10.5. The monoisotopic (exact) mass is 471 g/mol. The molecule has 1 heterocycles. The highest BCUT2D eigenvalue weighted by atomic mass is 35.5. The normalized spacial score (nSPS) is 17.8. The summed E-state index contributed by atoms with van der Waals surface area (Å²) in [4.78, 5) is 27.1. The standard InChI is InChI=1S/C26H27ClFNO4/c1-26(2,13-12-17-8-10-20(28)11-9-17)16-22(30)23(31)24(32)25(33)29-14-4-7-21(29)18-5-3-6-19(27)15-18/h3,5-6,8-11,15,21,23-24,31-32H,4,7,14,16H2,1-2H3/t21?,23-,24+/m0/s1. The number of rotatable bonds is 6. The number of ketones is 1. The zero-order chi connectivity index (χ0) is 24.2. The third kappa shape index (κ3) is 6.42. The Morgan fingerprint density at radius 3 is 2.55 bits per heavy atom. The molecule has 0 aromatic heterocycles. The number of hydrogen-bond acceptors (Lipinski definition) is 4. The van der Waals surface area contributed by atoms with Gasteiger partial charge in [-0.25, -0.2) is 4.39 Å². The molecule has 0 aliphatic carbocycles. The molecule has 1 saturated heterocycles. The van der Waals surface area contributed by atoms with Crippen LogP contribution in [0.4, 0.5) is 4.39 Å². The molecule has 1 fully saturated rings. The highest BCUT2D eigenvalue weighted by molar-refractivity contribution is 6.30. The van der Waals surface area contributed by atoms with Crippen LogP contribution in [0.25, 0.3) is 0 Å². The van der Waals surface area contributed by atoms with Crippen LogP contribution < -0.4 is 0 Å². The minimum atomic E-state index is -1.86. The van der Waals surface area contributed by atoms with Gasteiger partial charge in [-0.2, -0.15) is 0 Å². The first-order valence-corrected chi connectivity index (χ1v) is 11.2. The first kappa shape index (κ1) is 24.9. The average Bonchev–Trinajstić information content (AvgIpc) is 3.27. The van der Waals surface area contributed by atoms with Crippen LogP contribution in [0.3, 0.4) is 0 Å². The van der Waals surface area contributed by atoms with Crippen molar-refractivity contribution < 1.29 is 24.2 Å². The van der Waals surface area contributed by atoms with Gasteiger partial charge in [0, 0.05) is 29.0 Å². The van der Waals surface area contributed by atoms with Crippen LogP contribution in [-0.2, 0) is 9.59 Å². The molecule has 1 amide bonds. The lowest BCUT2D eigenvalue weighted by Gasteiger charge is -2.29. The van der Waals surface area contributed by atoms with Gasteiger partial charge in [0.25, 0.3) is 5.91 Å². The molecule has 0 radical (unpaired) electrons. The highest BCUT2D eigenvalue weighted by Crippen LogP contribution is 2.34. The van der Waals surface area contributed by atoms with E-state index in [1.165, 1.54) is 29.2 Å². The van der Waals surface area contributed by atoms with Crippen molar-refractivity contribution in [3.8, 4) is 11.8 Å². The largest absolute Gasteiger partial charge is 0.382 e. The van der Waals surface area contributed by atoms with E-state index in [4.69, 9.17) is 11.6 Å². The second-order valence-corrected chi connectivity index (χ2v) is 9.35. The molecule has 174 valence electrons.